The fourth-order valence-electron chi connectivity index (χ4n) is 4.78. The van der Waals surface area contributed by atoms with Crippen molar-refractivity contribution in [3.05, 3.63) is 72.1 Å². The number of carbonyl (C=O) groups is 4. The first-order valence-electron chi connectivity index (χ1n) is 15.0. The second-order valence-corrected chi connectivity index (χ2v) is 13.2. The van der Waals surface area contributed by atoms with Crippen molar-refractivity contribution in [2.45, 2.75) is 62.4 Å². The van der Waals surface area contributed by atoms with Crippen molar-refractivity contribution < 1.29 is 28.7 Å². The molecule has 2 heterocycles. The lowest BCUT2D eigenvalue weighted by atomic mass is 9.99. The standard InChI is InChI=1S/C34H38N4O6S2/c1-7-19(3)27(33(41)43-5)37-31(39)23-15-21-11-9-13-25(29(21)35-17-23)45-46-26-14-10-12-22-16-24(18-36-30(22)26)32(40)38-28(20(4)8-2)34(42)44-6/h9-20,27-28H,7-8H2,1-6H3,(H,37,39)(H,38,40)/t19-,20+,27-,28-/m0/s1. The van der Waals surface area contributed by atoms with E-state index >= 15 is 0 Å². The van der Waals surface area contributed by atoms with Gasteiger partial charge < -0.3 is 20.1 Å². The van der Waals surface area contributed by atoms with E-state index in [-0.39, 0.29) is 11.8 Å². The number of nitrogens with one attached hydrogen (secondary N) is 2. The maximum Gasteiger partial charge on any atom is 0.328 e. The third-order valence-corrected chi connectivity index (χ3v) is 10.4. The van der Waals surface area contributed by atoms with Crippen LogP contribution in [0.4, 0.5) is 0 Å². The number of aromatic nitrogens is 2. The van der Waals surface area contributed by atoms with Crippen LogP contribution in [0, 0.1) is 11.8 Å². The summed E-state index contributed by atoms with van der Waals surface area (Å²) in [6, 6.07) is 13.5. The Hall–Kier alpha value is -4.16. The minimum absolute atomic E-state index is 0.0920. The van der Waals surface area contributed by atoms with E-state index < -0.39 is 35.8 Å². The Kier molecular flexibility index (Phi) is 12.0. The Morgan fingerprint density at radius 3 is 1.43 bits per heavy atom. The van der Waals surface area contributed by atoms with E-state index in [1.807, 2.05) is 64.1 Å². The molecule has 2 aromatic carbocycles. The Balaban J connectivity index is 1.51. The SMILES string of the molecule is CC[C@@H](C)[C@H](NC(=O)c1cnc2c(SSc3cccc4cc(C(=O)N[C@H](C(=O)OC)[C@@H](C)CC)cnc34)cccc2c1)C(=O)OC. The van der Waals surface area contributed by atoms with Gasteiger partial charge in [0.05, 0.1) is 36.4 Å². The molecule has 4 atom stereocenters. The van der Waals surface area contributed by atoms with Gasteiger partial charge in [0, 0.05) is 33.0 Å². The lowest BCUT2D eigenvalue weighted by Crippen LogP contribution is -2.45. The van der Waals surface area contributed by atoms with E-state index in [0.717, 1.165) is 31.6 Å². The molecule has 0 aliphatic rings. The van der Waals surface area contributed by atoms with Crippen molar-refractivity contribution in [3.63, 3.8) is 0 Å². The molecule has 2 N–H and O–H groups in total. The third-order valence-electron chi connectivity index (χ3n) is 8.00. The molecule has 12 heteroatoms. The zero-order chi connectivity index (χ0) is 33.4. The highest BCUT2D eigenvalue weighted by Crippen LogP contribution is 2.42. The van der Waals surface area contributed by atoms with Gasteiger partial charge in [0.15, 0.2) is 0 Å². The molecule has 0 unspecified atom stereocenters. The maximum absolute atomic E-state index is 13.0. The van der Waals surface area contributed by atoms with Crippen LogP contribution in [0.5, 0.6) is 0 Å². The van der Waals surface area contributed by atoms with E-state index in [9.17, 15) is 19.2 Å². The molecular formula is C34H38N4O6S2. The molecule has 0 bridgehead atoms. The number of amides is 2. The fraction of sp³-hybridized carbons (Fsp3) is 0.353. The van der Waals surface area contributed by atoms with Crippen LogP contribution < -0.4 is 10.6 Å². The first kappa shape index (κ1) is 34.7. The topological polar surface area (TPSA) is 137 Å². The molecule has 10 nitrogen and oxygen atoms in total. The summed E-state index contributed by atoms with van der Waals surface area (Å²) in [6.07, 6.45) is 4.42. The van der Waals surface area contributed by atoms with E-state index in [2.05, 4.69) is 20.6 Å². The zero-order valence-corrected chi connectivity index (χ0v) is 28.3. The third kappa shape index (κ3) is 7.97. The zero-order valence-electron chi connectivity index (χ0n) is 26.7. The molecule has 2 aromatic heterocycles. The normalized spacial score (nSPS) is 13.8. The molecule has 46 heavy (non-hydrogen) atoms. The average Bonchev–Trinajstić information content (AvgIpc) is 3.09. The minimum atomic E-state index is -0.752. The van der Waals surface area contributed by atoms with Gasteiger partial charge in [-0.1, -0.05) is 86.4 Å². The van der Waals surface area contributed by atoms with Crippen LogP contribution in [0.3, 0.4) is 0 Å². The molecule has 0 fully saturated rings. The summed E-state index contributed by atoms with van der Waals surface area (Å²) in [5.41, 5.74) is 2.16. The molecule has 2 amide bonds. The Labute approximate surface area is 276 Å². The van der Waals surface area contributed by atoms with Crippen molar-refractivity contribution in [1.82, 2.24) is 20.6 Å². The number of pyridine rings is 2. The van der Waals surface area contributed by atoms with Gasteiger partial charge in [0.25, 0.3) is 11.8 Å². The van der Waals surface area contributed by atoms with Crippen molar-refractivity contribution >= 4 is 67.1 Å². The van der Waals surface area contributed by atoms with Gasteiger partial charge in [-0.05, 0) is 36.1 Å². The van der Waals surface area contributed by atoms with E-state index in [1.165, 1.54) is 48.2 Å². The summed E-state index contributed by atoms with van der Waals surface area (Å²) in [7, 11) is 5.63. The molecule has 242 valence electrons. The average molecular weight is 663 g/mol. The molecule has 4 rings (SSSR count). The van der Waals surface area contributed by atoms with Crippen LogP contribution in [-0.2, 0) is 19.1 Å². The van der Waals surface area contributed by atoms with Crippen LogP contribution in [0.25, 0.3) is 21.8 Å². The Morgan fingerprint density at radius 2 is 1.09 bits per heavy atom. The van der Waals surface area contributed by atoms with Crippen molar-refractivity contribution in [2.24, 2.45) is 11.8 Å². The van der Waals surface area contributed by atoms with E-state index in [4.69, 9.17) is 9.47 Å². The molecule has 0 spiro atoms. The molecule has 0 saturated carbocycles. The number of carbonyl (C=O) groups excluding carboxylic acids is 4. The molecule has 4 aromatic rings. The van der Waals surface area contributed by atoms with Crippen LogP contribution in [-0.4, -0.2) is 60.0 Å². The van der Waals surface area contributed by atoms with Gasteiger partial charge in [0.1, 0.15) is 12.1 Å². The predicted octanol–water partition coefficient (Wildman–Crippen LogP) is 6.22. The second kappa shape index (κ2) is 15.9. The van der Waals surface area contributed by atoms with E-state index in [0.29, 0.717) is 24.0 Å². The van der Waals surface area contributed by atoms with Gasteiger partial charge in [-0.3, -0.25) is 19.6 Å². The number of fused-ring (bicyclic) bond motifs is 2. The first-order valence-corrected chi connectivity index (χ1v) is 17.2. The number of methoxy groups -OCH3 is 2. The number of benzene rings is 2. The van der Waals surface area contributed by atoms with Gasteiger partial charge >= 0.3 is 11.9 Å². The van der Waals surface area contributed by atoms with Crippen LogP contribution in [0.2, 0.25) is 0 Å². The van der Waals surface area contributed by atoms with Crippen molar-refractivity contribution in [2.75, 3.05) is 14.2 Å². The van der Waals surface area contributed by atoms with Gasteiger partial charge in [0.2, 0.25) is 0 Å². The number of esters is 2. The number of rotatable bonds is 13. The molecule has 0 saturated heterocycles. The minimum Gasteiger partial charge on any atom is -0.467 e. The quantitative estimate of drug-likeness (QED) is 0.125. The molecule has 0 aliphatic carbocycles. The molecular weight excluding hydrogens is 625 g/mol. The summed E-state index contributed by atoms with van der Waals surface area (Å²) in [5, 5.41) is 7.16. The highest BCUT2D eigenvalue weighted by Gasteiger charge is 2.28. The van der Waals surface area contributed by atoms with Gasteiger partial charge in [-0.25, -0.2) is 9.59 Å². The largest absolute Gasteiger partial charge is 0.467 e. The predicted molar refractivity (Wildman–Crippen MR) is 181 cm³/mol. The Bertz CT molecular complexity index is 1620. The van der Waals surface area contributed by atoms with Crippen molar-refractivity contribution in [3.8, 4) is 0 Å². The second-order valence-electron chi connectivity index (χ2n) is 11.0. The van der Waals surface area contributed by atoms with Crippen LogP contribution in [0.15, 0.2) is 70.7 Å². The highest BCUT2D eigenvalue weighted by molar-refractivity contribution is 8.76. The highest BCUT2D eigenvalue weighted by atomic mass is 33.1. The maximum atomic E-state index is 13.0. The molecule has 0 radical (unpaired) electrons. The fourth-order valence-corrected chi connectivity index (χ4v) is 7.07. The summed E-state index contributed by atoms with van der Waals surface area (Å²) in [4.78, 5) is 61.6. The Morgan fingerprint density at radius 1 is 0.696 bits per heavy atom. The number of ether oxygens (including phenoxy) is 2. The summed E-state index contributed by atoms with van der Waals surface area (Å²) >= 11 is 0. The smallest absolute Gasteiger partial charge is 0.328 e. The summed E-state index contributed by atoms with van der Waals surface area (Å²) in [6.45, 7) is 7.67. The summed E-state index contributed by atoms with van der Waals surface area (Å²) < 4.78 is 9.78. The van der Waals surface area contributed by atoms with Crippen molar-refractivity contribution in [1.29, 1.82) is 0 Å². The van der Waals surface area contributed by atoms with Gasteiger partial charge in [-0.15, -0.1) is 0 Å². The number of nitrogens with zero attached hydrogens (tertiary/aromatic N) is 2. The number of hydrogen-bond donors (Lipinski definition) is 2. The molecule has 0 aliphatic heterocycles. The van der Waals surface area contributed by atoms with E-state index in [1.54, 1.807) is 12.1 Å². The first-order chi connectivity index (χ1) is 22.1. The number of para-hydroxylation sites is 2. The lowest BCUT2D eigenvalue weighted by molar-refractivity contribution is -0.145. The lowest BCUT2D eigenvalue weighted by Gasteiger charge is -2.21. The summed E-state index contributed by atoms with van der Waals surface area (Å²) in [5.74, 6) is -1.94. The van der Waals surface area contributed by atoms with Gasteiger partial charge in [-0.2, -0.15) is 0 Å². The van der Waals surface area contributed by atoms with Crippen LogP contribution >= 0.6 is 21.6 Å². The monoisotopic (exact) mass is 662 g/mol. The van der Waals surface area contributed by atoms with Crippen LogP contribution in [0.1, 0.15) is 61.3 Å². The number of hydrogen-bond acceptors (Lipinski definition) is 10.